The minimum absolute atomic E-state index is 0.0497. The zero-order valence-electron chi connectivity index (χ0n) is 14.9. The number of carbonyl (C=O) groups excluding carboxylic acids is 1. The largest absolute Gasteiger partial charge is 0.481 e. The molecule has 2 fully saturated rings. The van der Waals surface area contributed by atoms with Gasteiger partial charge in [-0.1, -0.05) is 23.7 Å². The predicted octanol–water partition coefficient (Wildman–Crippen LogP) is 3.40. The number of hydrogen-bond acceptors (Lipinski definition) is 3. The molecule has 0 atom stereocenters. The molecule has 1 aromatic carbocycles. The smallest absolute Gasteiger partial charge is 0.306 e. The quantitative estimate of drug-likeness (QED) is 0.822. The van der Waals surface area contributed by atoms with Crippen molar-refractivity contribution >= 4 is 23.5 Å². The van der Waals surface area contributed by atoms with Crippen LogP contribution in [0.3, 0.4) is 0 Å². The summed E-state index contributed by atoms with van der Waals surface area (Å²) in [5.74, 6) is -1.07. The average Bonchev–Trinajstić information content (AvgIpc) is 2.67. The van der Waals surface area contributed by atoms with Gasteiger partial charge in [-0.3, -0.25) is 9.59 Å². The van der Waals surface area contributed by atoms with Gasteiger partial charge in [-0.05, 0) is 56.2 Å². The Balaban J connectivity index is 1.62. The van der Waals surface area contributed by atoms with Crippen LogP contribution in [0.5, 0.6) is 0 Å². The lowest BCUT2D eigenvalue weighted by Gasteiger charge is -2.38. The number of amides is 1. The van der Waals surface area contributed by atoms with Crippen LogP contribution in [0.4, 0.5) is 0 Å². The van der Waals surface area contributed by atoms with Gasteiger partial charge in [0.15, 0.2) is 0 Å². The van der Waals surface area contributed by atoms with Gasteiger partial charge in [0.1, 0.15) is 0 Å². The molecule has 1 aliphatic heterocycles. The summed E-state index contributed by atoms with van der Waals surface area (Å²) in [4.78, 5) is 23.7. The molecule has 1 heterocycles. The van der Waals surface area contributed by atoms with Gasteiger partial charge in [0, 0.05) is 36.1 Å². The molecule has 2 aliphatic rings. The number of carboxylic acids is 1. The van der Waals surface area contributed by atoms with Crippen LogP contribution in [0, 0.1) is 11.8 Å². The molecule has 0 aromatic heterocycles. The summed E-state index contributed by atoms with van der Waals surface area (Å²) in [6, 6.07) is 7.86. The Kier molecular flexibility index (Phi) is 6.20. The number of halogens is 1. The van der Waals surface area contributed by atoms with E-state index in [-0.39, 0.29) is 23.2 Å². The Morgan fingerprint density at radius 2 is 1.65 bits per heavy atom. The molecule has 1 aliphatic carbocycles. The van der Waals surface area contributed by atoms with Gasteiger partial charge < -0.3 is 15.2 Å². The highest BCUT2D eigenvalue weighted by Gasteiger charge is 2.36. The molecule has 0 bridgehead atoms. The number of benzene rings is 1. The Hall–Kier alpha value is -1.59. The summed E-state index contributed by atoms with van der Waals surface area (Å²) in [5, 5.41) is 12.9. The second-order valence-corrected chi connectivity index (χ2v) is 7.94. The van der Waals surface area contributed by atoms with Crippen molar-refractivity contribution in [3.05, 3.63) is 34.9 Å². The fourth-order valence-corrected chi connectivity index (χ4v) is 4.26. The lowest BCUT2D eigenvalue weighted by atomic mass is 9.74. The second-order valence-electron chi connectivity index (χ2n) is 7.50. The number of carbonyl (C=O) groups is 2. The average molecular weight is 380 g/mol. The molecule has 0 unspecified atom stereocenters. The first kappa shape index (κ1) is 19.2. The summed E-state index contributed by atoms with van der Waals surface area (Å²) >= 11 is 6.02. The Bertz CT molecular complexity index is 632. The molecule has 5 nitrogen and oxygen atoms in total. The fraction of sp³-hybridized carbons (Fsp3) is 0.600. The van der Waals surface area contributed by atoms with Crippen LogP contribution in [0.1, 0.15) is 44.1 Å². The third-order valence-electron chi connectivity index (χ3n) is 5.95. The van der Waals surface area contributed by atoms with Crippen molar-refractivity contribution in [2.24, 2.45) is 11.8 Å². The van der Waals surface area contributed by atoms with E-state index >= 15 is 0 Å². The highest BCUT2D eigenvalue weighted by molar-refractivity contribution is 6.30. The van der Waals surface area contributed by atoms with Crippen molar-refractivity contribution in [2.75, 3.05) is 19.8 Å². The summed E-state index contributed by atoms with van der Waals surface area (Å²) in [7, 11) is 0. The third kappa shape index (κ3) is 4.38. The summed E-state index contributed by atoms with van der Waals surface area (Å²) in [5.41, 5.74) is 1.05. The number of nitrogens with one attached hydrogen (secondary N) is 1. The SMILES string of the molecule is O=C(O)C1CCC(C(=O)NCC2(c3ccc(Cl)cc3)CCOCC2)CC1. The highest BCUT2D eigenvalue weighted by atomic mass is 35.5. The van der Waals surface area contributed by atoms with E-state index < -0.39 is 5.97 Å². The molecule has 0 spiro atoms. The number of ether oxygens (including phenoxy) is 1. The van der Waals surface area contributed by atoms with Gasteiger partial charge in [-0.25, -0.2) is 0 Å². The van der Waals surface area contributed by atoms with Gasteiger partial charge in [0.2, 0.25) is 5.91 Å². The van der Waals surface area contributed by atoms with E-state index in [1.807, 2.05) is 24.3 Å². The molecular formula is C20H26ClNO4. The van der Waals surface area contributed by atoms with E-state index in [0.717, 1.165) is 12.8 Å². The Morgan fingerprint density at radius 1 is 1.08 bits per heavy atom. The van der Waals surface area contributed by atoms with Gasteiger partial charge in [-0.15, -0.1) is 0 Å². The van der Waals surface area contributed by atoms with Crippen LogP contribution in [0.15, 0.2) is 24.3 Å². The van der Waals surface area contributed by atoms with E-state index in [0.29, 0.717) is 50.5 Å². The van der Waals surface area contributed by atoms with Crippen molar-refractivity contribution in [3.8, 4) is 0 Å². The first-order valence-electron chi connectivity index (χ1n) is 9.34. The zero-order valence-corrected chi connectivity index (χ0v) is 15.6. The minimum atomic E-state index is -0.743. The van der Waals surface area contributed by atoms with E-state index in [9.17, 15) is 9.59 Å². The maximum Gasteiger partial charge on any atom is 0.306 e. The number of aliphatic carboxylic acids is 1. The van der Waals surface area contributed by atoms with Crippen LogP contribution < -0.4 is 5.32 Å². The molecule has 0 radical (unpaired) electrons. The normalized spacial score (nSPS) is 25.4. The first-order chi connectivity index (χ1) is 12.5. The predicted molar refractivity (Wildman–Crippen MR) is 99.3 cm³/mol. The molecule has 1 saturated carbocycles. The Morgan fingerprint density at radius 3 is 2.23 bits per heavy atom. The highest BCUT2D eigenvalue weighted by Crippen LogP contribution is 2.35. The second kappa shape index (κ2) is 8.40. The van der Waals surface area contributed by atoms with Crippen LogP contribution in [-0.4, -0.2) is 36.7 Å². The molecule has 1 aromatic rings. The van der Waals surface area contributed by atoms with Crippen LogP contribution >= 0.6 is 11.6 Å². The van der Waals surface area contributed by atoms with Gasteiger partial charge >= 0.3 is 5.97 Å². The summed E-state index contributed by atoms with van der Waals surface area (Å²) in [6.07, 6.45) is 4.20. The van der Waals surface area contributed by atoms with Gasteiger partial charge in [0.25, 0.3) is 0 Å². The number of carboxylic acid groups (broad SMARTS) is 1. The van der Waals surface area contributed by atoms with Crippen molar-refractivity contribution in [3.63, 3.8) is 0 Å². The molecule has 2 N–H and O–H groups in total. The molecule has 1 amide bonds. The van der Waals surface area contributed by atoms with E-state index in [1.165, 1.54) is 5.56 Å². The minimum Gasteiger partial charge on any atom is -0.481 e. The van der Waals surface area contributed by atoms with Crippen molar-refractivity contribution in [1.29, 1.82) is 0 Å². The maximum absolute atomic E-state index is 12.6. The first-order valence-corrected chi connectivity index (χ1v) is 9.72. The molecule has 142 valence electrons. The van der Waals surface area contributed by atoms with E-state index in [4.69, 9.17) is 21.4 Å². The van der Waals surface area contributed by atoms with Crippen molar-refractivity contribution in [2.45, 2.75) is 43.9 Å². The van der Waals surface area contributed by atoms with Gasteiger partial charge in [-0.2, -0.15) is 0 Å². The maximum atomic E-state index is 12.6. The Labute approximate surface area is 159 Å². The third-order valence-corrected chi connectivity index (χ3v) is 6.21. The molecular weight excluding hydrogens is 354 g/mol. The van der Waals surface area contributed by atoms with Crippen molar-refractivity contribution in [1.82, 2.24) is 5.32 Å². The van der Waals surface area contributed by atoms with Crippen LogP contribution in [0.2, 0.25) is 5.02 Å². The topological polar surface area (TPSA) is 75.6 Å². The van der Waals surface area contributed by atoms with Crippen LogP contribution in [-0.2, 0) is 19.7 Å². The lowest BCUT2D eigenvalue weighted by Crippen LogP contribution is -2.46. The molecule has 26 heavy (non-hydrogen) atoms. The van der Waals surface area contributed by atoms with E-state index in [1.54, 1.807) is 0 Å². The van der Waals surface area contributed by atoms with E-state index in [2.05, 4.69) is 5.32 Å². The number of hydrogen-bond donors (Lipinski definition) is 2. The lowest BCUT2D eigenvalue weighted by molar-refractivity contribution is -0.144. The van der Waals surface area contributed by atoms with Gasteiger partial charge in [0.05, 0.1) is 5.92 Å². The fourth-order valence-electron chi connectivity index (χ4n) is 4.14. The molecule has 6 heteroatoms. The zero-order chi connectivity index (χ0) is 18.6. The van der Waals surface area contributed by atoms with Crippen LogP contribution in [0.25, 0.3) is 0 Å². The summed E-state index contributed by atoms with van der Waals surface area (Å²) < 4.78 is 5.53. The molecule has 3 rings (SSSR count). The standard InChI is InChI=1S/C20H26ClNO4/c21-17-7-5-16(6-8-17)20(9-11-26-12-10-20)13-22-18(23)14-1-3-15(4-2-14)19(24)25/h5-8,14-15H,1-4,9-13H2,(H,22,23)(H,24,25). The monoisotopic (exact) mass is 379 g/mol. The number of rotatable bonds is 5. The summed E-state index contributed by atoms with van der Waals surface area (Å²) in [6.45, 7) is 1.94. The molecule has 1 saturated heterocycles. The van der Waals surface area contributed by atoms with Crippen molar-refractivity contribution < 1.29 is 19.4 Å².